The van der Waals surface area contributed by atoms with Crippen molar-refractivity contribution < 1.29 is 9.90 Å². The van der Waals surface area contributed by atoms with Gasteiger partial charge in [-0.2, -0.15) is 0 Å². The van der Waals surface area contributed by atoms with Gasteiger partial charge in [-0.15, -0.1) is 0 Å². The molecule has 1 fully saturated rings. The van der Waals surface area contributed by atoms with Crippen molar-refractivity contribution in [1.29, 1.82) is 0 Å². The molecule has 4 atom stereocenters. The van der Waals surface area contributed by atoms with E-state index in [0.717, 1.165) is 25.9 Å². The second-order valence-electron chi connectivity index (χ2n) is 8.31. The van der Waals surface area contributed by atoms with Gasteiger partial charge < -0.3 is 10.4 Å². The van der Waals surface area contributed by atoms with Crippen LogP contribution in [0, 0.1) is 37.5 Å². The third kappa shape index (κ3) is 5.32. The molecule has 1 saturated carbocycles. The molecule has 0 radical (unpaired) electrons. The van der Waals surface area contributed by atoms with Crippen LogP contribution >= 0.6 is 0 Å². The van der Waals surface area contributed by atoms with Crippen LogP contribution in [0.3, 0.4) is 0 Å². The standard InChI is InChI=1S/C24H33NO2/c1-17-8-9-21(18(2)14-17)15-25-16-23-20-12-10-19(11-13-20)22(23)6-4-3-5-7-24(26)27/h4,6,8-10,12,14,19-20,22-23,25H,3,5,7,11,13,15-16H2,1-2H3,(H,26,27)/b6-4-/t19-,20+,22+,23+/m1/s1. The van der Waals surface area contributed by atoms with Crippen LogP contribution in [0.15, 0.2) is 42.5 Å². The van der Waals surface area contributed by atoms with Crippen molar-refractivity contribution in [3.05, 3.63) is 59.2 Å². The minimum absolute atomic E-state index is 0.266. The number of rotatable bonds is 9. The fourth-order valence-corrected chi connectivity index (χ4v) is 4.76. The number of aryl methyl sites for hydroxylation is 2. The van der Waals surface area contributed by atoms with Gasteiger partial charge in [0.05, 0.1) is 0 Å². The van der Waals surface area contributed by atoms with Crippen molar-refractivity contribution in [3.8, 4) is 0 Å². The average molecular weight is 368 g/mol. The predicted octanol–water partition coefficient (Wildman–Crippen LogP) is 5.03. The Morgan fingerprint density at radius 3 is 2.70 bits per heavy atom. The topological polar surface area (TPSA) is 49.3 Å². The van der Waals surface area contributed by atoms with E-state index in [1.165, 1.54) is 29.5 Å². The number of unbranched alkanes of at least 4 members (excludes halogenated alkanes) is 1. The molecule has 0 aromatic heterocycles. The molecule has 2 N–H and O–H groups in total. The highest BCUT2D eigenvalue weighted by molar-refractivity contribution is 5.66. The predicted molar refractivity (Wildman–Crippen MR) is 111 cm³/mol. The minimum Gasteiger partial charge on any atom is -0.481 e. The lowest BCUT2D eigenvalue weighted by Gasteiger charge is -2.44. The third-order valence-electron chi connectivity index (χ3n) is 6.29. The second-order valence-corrected chi connectivity index (χ2v) is 8.31. The number of benzene rings is 1. The molecule has 146 valence electrons. The normalized spacial score (nSPS) is 26.7. The van der Waals surface area contributed by atoms with Gasteiger partial charge in [-0.25, -0.2) is 0 Å². The summed E-state index contributed by atoms with van der Waals surface area (Å²) in [4.78, 5) is 10.7. The molecule has 2 bridgehead atoms. The minimum atomic E-state index is -0.698. The van der Waals surface area contributed by atoms with Crippen LogP contribution in [0.2, 0.25) is 0 Å². The molecule has 0 amide bonds. The van der Waals surface area contributed by atoms with E-state index in [1.54, 1.807) is 0 Å². The molecule has 1 aromatic rings. The Morgan fingerprint density at radius 2 is 2.00 bits per heavy atom. The molecule has 4 rings (SSSR count). The summed E-state index contributed by atoms with van der Waals surface area (Å²) in [6.07, 6.45) is 13.9. The quantitative estimate of drug-likeness (QED) is 0.475. The van der Waals surface area contributed by atoms with Gasteiger partial charge in [-0.3, -0.25) is 4.79 Å². The number of hydrogen-bond donors (Lipinski definition) is 2. The Hall–Kier alpha value is -1.87. The van der Waals surface area contributed by atoms with Gasteiger partial charge in [-0.1, -0.05) is 48.1 Å². The summed E-state index contributed by atoms with van der Waals surface area (Å²) in [5.41, 5.74) is 4.07. The number of carboxylic acids is 1. The summed E-state index contributed by atoms with van der Waals surface area (Å²) >= 11 is 0. The fraction of sp³-hybridized carbons (Fsp3) is 0.542. The van der Waals surface area contributed by atoms with Gasteiger partial charge in [0.25, 0.3) is 0 Å². The van der Waals surface area contributed by atoms with Gasteiger partial charge in [0.1, 0.15) is 0 Å². The summed E-state index contributed by atoms with van der Waals surface area (Å²) in [6, 6.07) is 6.69. The van der Waals surface area contributed by atoms with Crippen LogP contribution in [0.4, 0.5) is 0 Å². The van der Waals surface area contributed by atoms with Crippen LogP contribution in [-0.4, -0.2) is 17.6 Å². The van der Waals surface area contributed by atoms with Crippen molar-refractivity contribution in [2.45, 2.75) is 52.5 Å². The van der Waals surface area contributed by atoms with Crippen molar-refractivity contribution in [2.24, 2.45) is 23.7 Å². The Morgan fingerprint density at radius 1 is 1.22 bits per heavy atom. The van der Waals surface area contributed by atoms with Crippen LogP contribution < -0.4 is 5.32 Å². The van der Waals surface area contributed by atoms with E-state index in [1.807, 2.05) is 0 Å². The molecule has 1 aromatic carbocycles. The number of fused-ring (bicyclic) bond motifs is 2. The lowest BCUT2D eigenvalue weighted by Crippen LogP contribution is -2.41. The van der Waals surface area contributed by atoms with Crippen LogP contribution in [0.1, 0.15) is 48.8 Å². The molecule has 3 aliphatic rings. The first-order chi connectivity index (χ1) is 13.0. The van der Waals surface area contributed by atoms with Gasteiger partial charge in [0, 0.05) is 13.0 Å². The lowest BCUT2D eigenvalue weighted by molar-refractivity contribution is -0.137. The summed E-state index contributed by atoms with van der Waals surface area (Å²) in [6.45, 7) is 6.31. The van der Waals surface area contributed by atoms with E-state index in [-0.39, 0.29) is 6.42 Å². The van der Waals surface area contributed by atoms with Crippen molar-refractivity contribution in [1.82, 2.24) is 5.32 Å². The number of carbonyl (C=O) groups is 1. The zero-order valence-corrected chi connectivity index (χ0v) is 16.7. The first-order valence-electron chi connectivity index (χ1n) is 10.4. The summed E-state index contributed by atoms with van der Waals surface area (Å²) < 4.78 is 0. The van der Waals surface area contributed by atoms with Crippen molar-refractivity contribution >= 4 is 5.97 Å². The fourth-order valence-electron chi connectivity index (χ4n) is 4.76. The zero-order valence-electron chi connectivity index (χ0n) is 16.7. The summed E-state index contributed by atoms with van der Waals surface area (Å²) in [5, 5.41) is 12.5. The molecule has 0 unspecified atom stereocenters. The number of allylic oxidation sites excluding steroid dienone is 4. The molecule has 3 aliphatic carbocycles. The van der Waals surface area contributed by atoms with E-state index < -0.39 is 5.97 Å². The van der Waals surface area contributed by atoms with Crippen LogP contribution in [0.25, 0.3) is 0 Å². The van der Waals surface area contributed by atoms with Gasteiger partial charge in [0.2, 0.25) is 0 Å². The molecule has 0 spiro atoms. The number of hydrogen-bond acceptors (Lipinski definition) is 2. The van der Waals surface area contributed by atoms with Gasteiger partial charge in [0.15, 0.2) is 0 Å². The Kier molecular flexibility index (Phi) is 6.89. The summed E-state index contributed by atoms with van der Waals surface area (Å²) in [7, 11) is 0. The second kappa shape index (κ2) is 9.36. The smallest absolute Gasteiger partial charge is 0.303 e. The van der Waals surface area contributed by atoms with Gasteiger partial charge in [-0.05, 0) is 80.9 Å². The van der Waals surface area contributed by atoms with E-state index in [9.17, 15) is 4.79 Å². The highest BCUT2D eigenvalue weighted by Crippen LogP contribution is 2.45. The Labute approximate surface area is 163 Å². The monoisotopic (exact) mass is 367 g/mol. The van der Waals surface area contributed by atoms with E-state index in [4.69, 9.17) is 5.11 Å². The molecular weight excluding hydrogens is 334 g/mol. The maximum absolute atomic E-state index is 10.7. The maximum Gasteiger partial charge on any atom is 0.303 e. The van der Waals surface area contributed by atoms with Crippen molar-refractivity contribution in [2.75, 3.05) is 6.54 Å². The van der Waals surface area contributed by atoms with Crippen LogP contribution in [-0.2, 0) is 11.3 Å². The molecule has 3 heteroatoms. The maximum atomic E-state index is 10.7. The number of carboxylic acid groups (broad SMARTS) is 1. The molecule has 0 saturated heterocycles. The third-order valence-corrected chi connectivity index (χ3v) is 6.29. The molecule has 0 heterocycles. The molecule has 3 nitrogen and oxygen atoms in total. The van der Waals surface area contributed by atoms with E-state index in [0.29, 0.717) is 23.7 Å². The molecular formula is C24H33NO2. The SMILES string of the molecule is Cc1ccc(CNC[C@@H]2[C@@H](/C=C\CCCC(=O)O)[C@@H]3C=C[C@H]2CC3)c(C)c1. The first kappa shape index (κ1) is 19.9. The lowest BCUT2D eigenvalue weighted by atomic mass is 9.62. The number of nitrogens with one attached hydrogen (secondary N) is 1. The van der Waals surface area contributed by atoms with Gasteiger partial charge >= 0.3 is 5.97 Å². The summed E-state index contributed by atoms with van der Waals surface area (Å²) in [5.74, 6) is 1.87. The zero-order chi connectivity index (χ0) is 19.2. The highest BCUT2D eigenvalue weighted by atomic mass is 16.4. The Bertz CT molecular complexity index is 706. The first-order valence-corrected chi connectivity index (χ1v) is 10.4. The highest BCUT2D eigenvalue weighted by Gasteiger charge is 2.38. The van der Waals surface area contributed by atoms with E-state index in [2.05, 4.69) is 61.7 Å². The van der Waals surface area contributed by atoms with Crippen molar-refractivity contribution in [3.63, 3.8) is 0 Å². The van der Waals surface area contributed by atoms with E-state index >= 15 is 0 Å². The average Bonchev–Trinajstić information content (AvgIpc) is 2.64. The number of aliphatic carboxylic acids is 1. The largest absolute Gasteiger partial charge is 0.481 e. The molecule has 27 heavy (non-hydrogen) atoms. The van der Waals surface area contributed by atoms with Crippen LogP contribution in [0.5, 0.6) is 0 Å². The Balaban J connectivity index is 1.55. The molecule has 0 aliphatic heterocycles.